The number of thioether (sulfide) groups is 1. The summed E-state index contributed by atoms with van der Waals surface area (Å²) in [4.78, 5) is 19.6. The van der Waals surface area contributed by atoms with Gasteiger partial charge in [-0.05, 0) is 79.1 Å². The number of aromatic nitrogens is 1. The zero-order chi connectivity index (χ0) is 22.6. The summed E-state index contributed by atoms with van der Waals surface area (Å²) in [7, 11) is -3.83. The molecule has 0 aliphatic carbocycles. The van der Waals surface area contributed by atoms with Gasteiger partial charge in [0.1, 0.15) is 0 Å². The molecule has 1 fully saturated rings. The van der Waals surface area contributed by atoms with Crippen molar-refractivity contribution < 1.29 is 13.2 Å². The number of anilines is 1. The molecule has 166 valence electrons. The van der Waals surface area contributed by atoms with Gasteiger partial charge >= 0.3 is 0 Å². The van der Waals surface area contributed by atoms with Crippen LogP contribution in [0, 0.1) is 0 Å². The van der Waals surface area contributed by atoms with Crippen LogP contribution >= 0.6 is 11.8 Å². The van der Waals surface area contributed by atoms with Gasteiger partial charge in [-0.3, -0.25) is 14.5 Å². The molecule has 1 saturated heterocycles. The Morgan fingerprint density at radius 1 is 1.00 bits per heavy atom. The third-order valence-corrected chi connectivity index (χ3v) is 7.64. The number of nitrogens with zero attached hydrogens (tertiary/aromatic N) is 2. The van der Waals surface area contributed by atoms with Crippen LogP contribution in [0.4, 0.5) is 5.69 Å². The van der Waals surface area contributed by atoms with Crippen LogP contribution in [-0.2, 0) is 16.4 Å². The summed E-state index contributed by atoms with van der Waals surface area (Å²) in [5.74, 6) is -0.107. The van der Waals surface area contributed by atoms with E-state index < -0.39 is 10.0 Å². The van der Waals surface area contributed by atoms with Crippen LogP contribution in [0.15, 0.2) is 76.8 Å². The van der Waals surface area contributed by atoms with Crippen LogP contribution < -0.4 is 4.72 Å². The molecule has 0 atom stereocenters. The second kappa shape index (κ2) is 9.75. The average molecular weight is 468 g/mol. The van der Waals surface area contributed by atoms with Gasteiger partial charge in [-0.1, -0.05) is 12.1 Å². The van der Waals surface area contributed by atoms with Crippen molar-refractivity contribution in [3.63, 3.8) is 0 Å². The van der Waals surface area contributed by atoms with E-state index in [1.165, 1.54) is 17.8 Å². The number of carbonyl (C=O) groups excluding carboxylic acids is 1. The van der Waals surface area contributed by atoms with Crippen molar-refractivity contribution in [1.82, 2.24) is 9.88 Å². The molecule has 0 spiro atoms. The maximum absolute atomic E-state index is 13.0. The third kappa shape index (κ3) is 5.14. The van der Waals surface area contributed by atoms with Crippen LogP contribution in [-0.4, -0.2) is 43.6 Å². The van der Waals surface area contributed by atoms with E-state index in [0.717, 1.165) is 35.3 Å². The van der Waals surface area contributed by atoms with Crippen molar-refractivity contribution in [1.29, 1.82) is 0 Å². The fraction of sp³-hybridized carbons (Fsp3) is 0.250. The third-order valence-electron chi connectivity index (χ3n) is 5.47. The summed E-state index contributed by atoms with van der Waals surface area (Å²) >= 11 is 1.44. The molecule has 0 unspecified atom stereocenters. The number of carbonyl (C=O) groups is 1. The van der Waals surface area contributed by atoms with E-state index in [4.69, 9.17) is 0 Å². The second-order valence-electron chi connectivity index (χ2n) is 7.70. The lowest BCUT2D eigenvalue weighted by Gasteiger charge is -2.18. The lowest BCUT2D eigenvalue weighted by atomic mass is 10.1. The van der Waals surface area contributed by atoms with Crippen molar-refractivity contribution in [2.24, 2.45) is 0 Å². The van der Waals surface area contributed by atoms with E-state index in [0.29, 0.717) is 24.3 Å². The quantitative estimate of drug-likeness (QED) is 0.520. The molecule has 0 radical (unpaired) electrons. The van der Waals surface area contributed by atoms with Gasteiger partial charge in [0.05, 0.1) is 10.5 Å². The predicted molar refractivity (Wildman–Crippen MR) is 128 cm³/mol. The number of benzene rings is 2. The zero-order valence-electron chi connectivity index (χ0n) is 17.8. The lowest BCUT2D eigenvalue weighted by molar-refractivity contribution is 0.0789. The number of hydrogen-bond acceptors (Lipinski definition) is 5. The Kier molecular flexibility index (Phi) is 6.81. The molecular formula is C24H25N3O3S2. The molecule has 2 aromatic carbocycles. The molecule has 1 N–H and O–H groups in total. The number of pyridine rings is 1. The van der Waals surface area contributed by atoms with E-state index in [1.807, 2.05) is 30.5 Å². The number of nitrogens with one attached hydrogen (secondary N) is 1. The lowest BCUT2D eigenvalue weighted by Crippen LogP contribution is -2.28. The monoisotopic (exact) mass is 467 g/mol. The molecule has 4 rings (SSSR count). The highest BCUT2D eigenvalue weighted by molar-refractivity contribution is 7.98. The molecular weight excluding hydrogens is 442 g/mol. The van der Waals surface area contributed by atoms with Crippen molar-refractivity contribution in [2.45, 2.75) is 29.1 Å². The number of hydrogen-bond donors (Lipinski definition) is 1. The van der Waals surface area contributed by atoms with Crippen molar-refractivity contribution in [3.8, 4) is 0 Å². The fourth-order valence-corrected chi connectivity index (χ4v) is 5.41. The second-order valence-corrected chi connectivity index (χ2v) is 10.2. The smallest absolute Gasteiger partial charge is 0.261 e. The van der Waals surface area contributed by atoms with Crippen LogP contribution in [0.3, 0.4) is 0 Å². The highest BCUT2D eigenvalue weighted by atomic mass is 32.2. The highest BCUT2D eigenvalue weighted by Crippen LogP contribution is 2.27. The maximum atomic E-state index is 13.0. The summed E-state index contributed by atoms with van der Waals surface area (Å²) in [6, 6.07) is 16.0. The average Bonchev–Trinajstić information content (AvgIpc) is 3.35. The van der Waals surface area contributed by atoms with Crippen LogP contribution in [0.1, 0.15) is 34.3 Å². The molecule has 0 bridgehead atoms. The number of likely N-dealkylation sites (tertiary alicyclic amines) is 1. The topological polar surface area (TPSA) is 79.4 Å². The molecule has 1 aromatic heterocycles. The van der Waals surface area contributed by atoms with Crippen molar-refractivity contribution >= 4 is 33.4 Å². The fourth-order valence-electron chi connectivity index (χ4n) is 3.75. The largest absolute Gasteiger partial charge is 0.339 e. The molecule has 0 saturated carbocycles. The van der Waals surface area contributed by atoms with Gasteiger partial charge in [-0.25, -0.2) is 8.42 Å². The van der Waals surface area contributed by atoms with E-state index in [2.05, 4.69) is 9.71 Å². The molecule has 1 aliphatic rings. The number of rotatable bonds is 7. The van der Waals surface area contributed by atoms with Gasteiger partial charge in [0.15, 0.2) is 0 Å². The van der Waals surface area contributed by atoms with Crippen LogP contribution in [0.25, 0.3) is 0 Å². The SMILES string of the molecule is CSc1ccc(S(=O)(=O)Nc2ccc(Cc3ccncc3)cc2)cc1C(=O)N1CCCC1. The Bertz CT molecular complexity index is 1190. The van der Waals surface area contributed by atoms with Gasteiger partial charge < -0.3 is 4.90 Å². The molecule has 8 heteroatoms. The van der Waals surface area contributed by atoms with Crippen LogP contribution in [0.2, 0.25) is 0 Å². The normalized spacial score (nSPS) is 13.8. The predicted octanol–water partition coefficient (Wildman–Crippen LogP) is 4.43. The van der Waals surface area contributed by atoms with Gasteiger partial charge in [0.25, 0.3) is 15.9 Å². The number of amides is 1. The Hall–Kier alpha value is -2.84. The van der Waals surface area contributed by atoms with Crippen molar-refractivity contribution in [2.75, 3.05) is 24.1 Å². The first-order valence-electron chi connectivity index (χ1n) is 10.4. The van der Waals surface area contributed by atoms with Gasteiger partial charge in [-0.15, -0.1) is 11.8 Å². The summed E-state index contributed by atoms with van der Waals surface area (Å²) in [5.41, 5.74) is 3.12. The molecule has 2 heterocycles. The first-order chi connectivity index (χ1) is 15.5. The van der Waals surface area contributed by atoms with E-state index in [9.17, 15) is 13.2 Å². The van der Waals surface area contributed by atoms with Gasteiger partial charge in [-0.2, -0.15) is 0 Å². The zero-order valence-corrected chi connectivity index (χ0v) is 19.5. The Labute approximate surface area is 193 Å². The standard InChI is InChI=1S/C24H25N3O3S2/c1-31-23-9-8-21(17-22(23)24(28)27-14-2-3-15-27)32(29,30)26-20-6-4-18(5-7-20)16-19-10-12-25-13-11-19/h4-13,17,26H,2-3,14-16H2,1H3. The summed E-state index contributed by atoms with van der Waals surface area (Å²) in [5, 5.41) is 0. The van der Waals surface area contributed by atoms with Crippen molar-refractivity contribution in [3.05, 3.63) is 83.7 Å². The van der Waals surface area contributed by atoms with Crippen LogP contribution in [0.5, 0.6) is 0 Å². The highest BCUT2D eigenvalue weighted by Gasteiger charge is 2.24. The minimum absolute atomic E-state index is 0.0821. The molecule has 1 aliphatic heterocycles. The number of sulfonamides is 1. The van der Waals surface area contributed by atoms with Gasteiger partial charge in [0, 0.05) is 36.1 Å². The first-order valence-corrected chi connectivity index (χ1v) is 13.1. The van der Waals surface area contributed by atoms with Gasteiger partial charge in [0.2, 0.25) is 0 Å². The Morgan fingerprint density at radius 3 is 2.31 bits per heavy atom. The maximum Gasteiger partial charge on any atom is 0.261 e. The summed E-state index contributed by atoms with van der Waals surface area (Å²) in [6.45, 7) is 1.43. The molecule has 32 heavy (non-hydrogen) atoms. The van der Waals surface area contributed by atoms with E-state index >= 15 is 0 Å². The molecule has 6 nitrogen and oxygen atoms in total. The summed E-state index contributed by atoms with van der Waals surface area (Å²) in [6.07, 6.45) is 8.10. The molecule has 1 amide bonds. The molecule has 3 aromatic rings. The van der Waals surface area contributed by atoms with E-state index in [1.54, 1.807) is 41.6 Å². The first kappa shape index (κ1) is 22.4. The minimum atomic E-state index is -3.83. The summed E-state index contributed by atoms with van der Waals surface area (Å²) < 4.78 is 28.7. The Morgan fingerprint density at radius 2 is 1.66 bits per heavy atom. The minimum Gasteiger partial charge on any atom is -0.339 e. The van der Waals surface area contributed by atoms with E-state index in [-0.39, 0.29) is 10.8 Å². The Balaban J connectivity index is 1.53.